The largest absolute Gasteiger partial charge is 0.447 e. The first-order chi connectivity index (χ1) is 15.1. The zero-order chi connectivity index (χ0) is 21.4. The quantitative estimate of drug-likeness (QED) is 0.325. The lowest BCUT2D eigenvalue weighted by Crippen LogP contribution is -2.15. The summed E-state index contributed by atoms with van der Waals surface area (Å²) in [5.41, 5.74) is 3.59. The molecule has 1 heterocycles. The van der Waals surface area contributed by atoms with Crippen LogP contribution in [-0.2, 0) is 10.9 Å². The van der Waals surface area contributed by atoms with Crippen molar-refractivity contribution in [2.75, 3.05) is 5.32 Å². The van der Waals surface area contributed by atoms with E-state index in [0.29, 0.717) is 5.56 Å². The Morgan fingerprint density at radius 2 is 1.32 bits per heavy atom. The number of amides is 1. The molecule has 0 aliphatic carbocycles. The van der Waals surface area contributed by atoms with E-state index in [0.717, 1.165) is 28.3 Å². The maximum atomic E-state index is 12.7. The topological polar surface area (TPSA) is 38.3 Å². The second-order valence-corrected chi connectivity index (χ2v) is 9.48. The molecule has 4 aromatic carbocycles. The summed E-state index contributed by atoms with van der Waals surface area (Å²) in [5.74, 6) is 1.72. The number of anilines is 1. The maximum Gasteiger partial charge on any atom is 0.255 e. The lowest BCUT2D eigenvalue weighted by molar-refractivity contribution is 0.102. The number of carbonyl (C=O) groups is 1. The third kappa shape index (κ3) is 3.60. The molecule has 3 nitrogen and oxygen atoms in total. The standard InChI is InChI=1S/C27H21NO2S/c1-18-9-3-4-10-21(18)27(29)28-20-15-16-24(19(2)17-20)31-25-13-7-5-11-22(25)30-23-12-6-8-14-26(23)31/h3-17H,1-2H3/p+1. The molecule has 1 amide bonds. The Morgan fingerprint density at radius 3 is 1.97 bits per heavy atom. The minimum Gasteiger partial charge on any atom is -0.447 e. The van der Waals surface area contributed by atoms with E-state index < -0.39 is 0 Å². The number of nitrogens with one attached hydrogen (secondary N) is 1. The van der Waals surface area contributed by atoms with E-state index in [-0.39, 0.29) is 16.8 Å². The monoisotopic (exact) mass is 424 g/mol. The molecule has 31 heavy (non-hydrogen) atoms. The lowest BCUT2D eigenvalue weighted by atomic mass is 10.1. The number of benzene rings is 4. The molecule has 1 aliphatic rings. The first-order valence-corrected chi connectivity index (χ1v) is 11.4. The van der Waals surface area contributed by atoms with Gasteiger partial charge in [-0.25, -0.2) is 0 Å². The van der Waals surface area contributed by atoms with E-state index in [1.54, 1.807) is 0 Å². The van der Waals surface area contributed by atoms with Gasteiger partial charge in [0.25, 0.3) is 5.91 Å². The molecule has 0 saturated heterocycles. The molecule has 0 aromatic heterocycles. The van der Waals surface area contributed by atoms with Crippen LogP contribution >= 0.6 is 0 Å². The molecule has 0 bridgehead atoms. The van der Waals surface area contributed by atoms with E-state index in [1.165, 1.54) is 14.7 Å². The van der Waals surface area contributed by atoms with E-state index in [2.05, 4.69) is 48.6 Å². The van der Waals surface area contributed by atoms with Crippen molar-refractivity contribution in [3.05, 3.63) is 108 Å². The summed E-state index contributed by atoms with van der Waals surface area (Å²) in [6.45, 7) is 4.05. The molecular weight excluding hydrogens is 402 g/mol. The highest BCUT2D eigenvalue weighted by Gasteiger charge is 2.39. The summed E-state index contributed by atoms with van der Waals surface area (Å²) in [4.78, 5) is 16.3. The predicted molar refractivity (Wildman–Crippen MR) is 125 cm³/mol. The lowest BCUT2D eigenvalue weighted by Gasteiger charge is -2.20. The third-order valence-corrected chi connectivity index (χ3v) is 7.85. The van der Waals surface area contributed by atoms with E-state index in [4.69, 9.17) is 4.74 Å². The molecule has 5 rings (SSSR count). The van der Waals surface area contributed by atoms with Crippen LogP contribution in [0.25, 0.3) is 0 Å². The highest BCUT2D eigenvalue weighted by molar-refractivity contribution is 7.97. The molecule has 4 heteroatoms. The highest BCUT2D eigenvalue weighted by atomic mass is 32.2. The van der Waals surface area contributed by atoms with Crippen LogP contribution in [0.15, 0.2) is 106 Å². The molecule has 1 N–H and O–H groups in total. The van der Waals surface area contributed by atoms with Gasteiger partial charge in [-0.3, -0.25) is 4.79 Å². The number of carbonyl (C=O) groups excluding carboxylic acids is 1. The van der Waals surface area contributed by atoms with Crippen molar-refractivity contribution in [1.29, 1.82) is 0 Å². The van der Waals surface area contributed by atoms with Gasteiger partial charge in [0.1, 0.15) is 10.9 Å². The number of aryl methyl sites for hydroxylation is 2. The predicted octanol–water partition coefficient (Wildman–Crippen LogP) is 6.76. The van der Waals surface area contributed by atoms with Gasteiger partial charge in [-0.2, -0.15) is 0 Å². The van der Waals surface area contributed by atoms with Crippen LogP contribution in [0, 0.1) is 13.8 Å². The molecule has 4 aromatic rings. The SMILES string of the molecule is Cc1ccccc1C(=O)Nc1ccc([S+]2c3ccccc3Oc3ccccc32)c(C)c1. The van der Waals surface area contributed by atoms with Crippen molar-refractivity contribution in [2.45, 2.75) is 28.5 Å². The minimum atomic E-state index is -0.268. The first kappa shape index (κ1) is 19.5. The summed E-state index contributed by atoms with van der Waals surface area (Å²) < 4.78 is 6.16. The number of para-hydroxylation sites is 2. The normalized spacial score (nSPS) is 12.5. The van der Waals surface area contributed by atoms with E-state index >= 15 is 0 Å². The smallest absolute Gasteiger partial charge is 0.255 e. The van der Waals surface area contributed by atoms with Gasteiger partial charge in [0, 0.05) is 16.8 Å². The highest BCUT2D eigenvalue weighted by Crippen LogP contribution is 2.47. The van der Waals surface area contributed by atoms with Crippen LogP contribution in [-0.4, -0.2) is 5.91 Å². The second kappa shape index (κ2) is 7.97. The van der Waals surface area contributed by atoms with Crippen LogP contribution in [0.5, 0.6) is 11.5 Å². The van der Waals surface area contributed by atoms with Crippen LogP contribution < -0.4 is 10.1 Å². The Kier molecular flexibility index (Phi) is 5.00. The third-order valence-electron chi connectivity index (χ3n) is 5.40. The molecule has 0 saturated carbocycles. The van der Waals surface area contributed by atoms with Gasteiger partial charge in [0.15, 0.2) is 16.4 Å². The average molecular weight is 425 g/mol. The van der Waals surface area contributed by atoms with Crippen molar-refractivity contribution < 1.29 is 9.53 Å². The molecule has 0 unspecified atom stereocenters. The zero-order valence-corrected chi connectivity index (χ0v) is 18.2. The Labute approximate surface area is 185 Å². The van der Waals surface area contributed by atoms with Crippen molar-refractivity contribution in [1.82, 2.24) is 0 Å². The van der Waals surface area contributed by atoms with Gasteiger partial charge in [0.2, 0.25) is 9.79 Å². The van der Waals surface area contributed by atoms with Crippen LogP contribution in [0.4, 0.5) is 5.69 Å². The number of fused-ring (bicyclic) bond motifs is 2. The molecule has 0 fully saturated rings. The molecule has 1 aliphatic heterocycles. The van der Waals surface area contributed by atoms with E-state index in [1.807, 2.05) is 61.5 Å². The molecular formula is C27H22NO2S+. The number of rotatable bonds is 3. The van der Waals surface area contributed by atoms with Crippen LogP contribution in [0.3, 0.4) is 0 Å². The van der Waals surface area contributed by atoms with Gasteiger partial charge < -0.3 is 10.1 Å². The summed E-state index contributed by atoms with van der Waals surface area (Å²) in [6, 6.07) is 30.3. The number of hydrogen-bond donors (Lipinski definition) is 1. The second-order valence-electron chi connectivity index (χ2n) is 7.55. The van der Waals surface area contributed by atoms with E-state index in [9.17, 15) is 4.79 Å². The molecule has 0 spiro atoms. The van der Waals surface area contributed by atoms with Crippen LogP contribution in [0.2, 0.25) is 0 Å². The van der Waals surface area contributed by atoms with Gasteiger partial charge in [-0.05, 0) is 67.9 Å². The average Bonchev–Trinajstić information content (AvgIpc) is 2.78. The number of ether oxygens (including phenoxy) is 1. The molecule has 0 atom stereocenters. The number of hydrogen-bond acceptors (Lipinski definition) is 2. The van der Waals surface area contributed by atoms with Crippen molar-refractivity contribution >= 4 is 22.5 Å². The first-order valence-electron chi connectivity index (χ1n) is 10.2. The Balaban J connectivity index is 1.51. The van der Waals surface area contributed by atoms with Gasteiger partial charge in [0.05, 0.1) is 0 Å². The molecule has 152 valence electrons. The zero-order valence-electron chi connectivity index (χ0n) is 17.4. The summed E-state index contributed by atoms with van der Waals surface area (Å²) in [5, 5.41) is 3.05. The fraction of sp³-hybridized carbons (Fsp3) is 0.0741. The Morgan fingerprint density at radius 1 is 0.710 bits per heavy atom. The summed E-state index contributed by atoms with van der Waals surface area (Å²) in [6.07, 6.45) is 0. The fourth-order valence-corrected chi connectivity index (χ4v) is 6.21. The van der Waals surface area contributed by atoms with Crippen molar-refractivity contribution in [3.63, 3.8) is 0 Å². The maximum absolute atomic E-state index is 12.7. The van der Waals surface area contributed by atoms with Gasteiger partial charge in [-0.1, -0.05) is 42.5 Å². The summed E-state index contributed by atoms with van der Waals surface area (Å²) in [7, 11) is -0.268. The Bertz CT molecular complexity index is 1250. The minimum absolute atomic E-state index is 0.0885. The van der Waals surface area contributed by atoms with Crippen LogP contribution in [0.1, 0.15) is 21.5 Å². The van der Waals surface area contributed by atoms with Crippen molar-refractivity contribution in [3.8, 4) is 11.5 Å². The van der Waals surface area contributed by atoms with Gasteiger partial charge >= 0.3 is 0 Å². The Hall–Kier alpha value is -3.50. The summed E-state index contributed by atoms with van der Waals surface area (Å²) >= 11 is 0. The fourth-order valence-electron chi connectivity index (χ4n) is 3.86. The van der Waals surface area contributed by atoms with Crippen molar-refractivity contribution in [2.24, 2.45) is 0 Å². The van der Waals surface area contributed by atoms with Gasteiger partial charge in [-0.15, -0.1) is 0 Å². The molecule has 0 radical (unpaired) electrons.